The summed E-state index contributed by atoms with van der Waals surface area (Å²) in [7, 11) is 1.82. The summed E-state index contributed by atoms with van der Waals surface area (Å²) in [5, 5.41) is 11.0. The highest BCUT2D eigenvalue weighted by atomic mass is 35.5. The number of alkyl halides is 3. The standard InChI is InChI=1S/C20H22ClF3N6O2S/c1-12-14(9-29(4)27-12)33-11-25-18(31)13-5-6-15(26-17(13)21)30-8-7-16(28-30)32-10-19(2,3)20(22,23)24/h5-9H,10-11H2,1-4H3,(H,25,31). The Hall–Kier alpha value is -2.73. The first-order valence-electron chi connectivity index (χ1n) is 9.71. The fraction of sp³-hybridized carbons (Fsp3) is 0.400. The molecule has 0 aliphatic rings. The Balaban J connectivity index is 1.61. The summed E-state index contributed by atoms with van der Waals surface area (Å²) >= 11 is 7.62. The minimum Gasteiger partial charge on any atom is -0.476 e. The van der Waals surface area contributed by atoms with Gasteiger partial charge < -0.3 is 10.1 Å². The molecule has 0 aliphatic carbocycles. The van der Waals surface area contributed by atoms with Crippen molar-refractivity contribution in [2.45, 2.75) is 31.8 Å². The molecule has 0 unspecified atom stereocenters. The highest BCUT2D eigenvalue weighted by Crippen LogP contribution is 2.37. The highest BCUT2D eigenvalue weighted by Gasteiger charge is 2.48. The molecule has 8 nitrogen and oxygen atoms in total. The van der Waals surface area contributed by atoms with E-state index in [4.69, 9.17) is 16.3 Å². The number of ether oxygens (including phenoxy) is 1. The number of thioether (sulfide) groups is 1. The van der Waals surface area contributed by atoms with Crippen LogP contribution in [0.2, 0.25) is 5.15 Å². The van der Waals surface area contributed by atoms with Gasteiger partial charge in [0, 0.05) is 30.4 Å². The number of pyridine rings is 1. The van der Waals surface area contributed by atoms with Crippen molar-refractivity contribution in [2.24, 2.45) is 12.5 Å². The predicted molar refractivity (Wildman–Crippen MR) is 118 cm³/mol. The largest absolute Gasteiger partial charge is 0.476 e. The molecule has 3 rings (SSSR count). The van der Waals surface area contributed by atoms with E-state index in [2.05, 4.69) is 20.5 Å². The van der Waals surface area contributed by atoms with Crippen LogP contribution in [0.3, 0.4) is 0 Å². The van der Waals surface area contributed by atoms with Crippen molar-refractivity contribution in [2.75, 3.05) is 12.5 Å². The van der Waals surface area contributed by atoms with Gasteiger partial charge in [-0.25, -0.2) is 9.67 Å². The molecule has 0 bridgehead atoms. The van der Waals surface area contributed by atoms with Crippen molar-refractivity contribution < 1.29 is 22.7 Å². The number of carbonyl (C=O) groups excluding carboxylic acids is 1. The molecule has 3 aromatic rings. The lowest BCUT2D eigenvalue weighted by molar-refractivity contribution is -0.219. The first-order valence-corrected chi connectivity index (χ1v) is 11.1. The molecule has 0 spiro atoms. The summed E-state index contributed by atoms with van der Waals surface area (Å²) in [6.07, 6.45) is -1.07. The van der Waals surface area contributed by atoms with Crippen LogP contribution < -0.4 is 10.1 Å². The maximum absolute atomic E-state index is 13.0. The van der Waals surface area contributed by atoms with Gasteiger partial charge in [-0.2, -0.15) is 18.3 Å². The number of halogens is 4. The number of hydrogen-bond donors (Lipinski definition) is 1. The number of rotatable bonds is 8. The molecule has 1 amide bonds. The molecule has 13 heteroatoms. The van der Waals surface area contributed by atoms with Crippen LogP contribution in [0.4, 0.5) is 13.2 Å². The second-order valence-corrected chi connectivity index (χ2v) is 9.20. The molecule has 178 valence electrons. The van der Waals surface area contributed by atoms with Gasteiger partial charge in [-0.3, -0.25) is 9.48 Å². The van der Waals surface area contributed by atoms with E-state index < -0.39 is 24.1 Å². The van der Waals surface area contributed by atoms with Crippen LogP contribution in [0.15, 0.2) is 35.5 Å². The molecule has 0 aromatic carbocycles. The number of amides is 1. The summed E-state index contributed by atoms with van der Waals surface area (Å²) in [4.78, 5) is 17.6. The zero-order valence-corrected chi connectivity index (χ0v) is 19.8. The fourth-order valence-corrected chi connectivity index (χ4v) is 3.63. The Morgan fingerprint density at radius 2 is 1.97 bits per heavy atom. The maximum Gasteiger partial charge on any atom is 0.397 e. The van der Waals surface area contributed by atoms with Crippen LogP contribution in [0.25, 0.3) is 5.82 Å². The quantitative estimate of drug-likeness (QED) is 0.279. The molecule has 0 fully saturated rings. The number of nitrogens with zero attached hydrogens (tertiary/aromatic N) is 5. The summed E-state index contributed by atoms with van der Waals surface area (Å²) in [5.41, 5.74) is -0.980. The van der Waals surface area contributed by atoms with Gasteiger partial charge in [0.25, 0.3) is 5.91 Å². The molecular formula is C20H22ClF3N6O2S. The van der Waals surface area contributed by atoms with Crippen molar-refractivity contribution in [3.05, 3.63) is 47.0 Å². The van der Waals surface area contributed by atoms with Gasteiger partial charge in [-0.05, 0) is 32.9 Å². The van der Waals surface area contributed by atoms with Crippen molar-refractivity contribution in [1.82, 2.24) is 29.9 Å². The van der Waals surface area contributed by atoms with Crippen LogP contribution in [0, 0.1) is 12.3 Å². The summed E-state index contributed by atoms with van der Waals surface area (Å²) < 4.78 is 47.1. The zero-order chi connectivity index (χ0) is 24.4. The lowest BCUT2D eigenvalue weighted by Gasteiger charge is -2.26. The van der Waals surface area contributed by atoms with Gasteiger partial charge in [0.05, 0.1) is 22.5 Å². The molecule has 0 saturated heterocycles. The molecule has 3 heterocycles. The van der Waals surface area contributed by atoms with Crippen molar-refractivity contribution in [3.63, 3.8) is 0 Å². The molecule has 33 heavy (non-hydrogen) atoms. The lowest BCUT2D eigenvalue weighted by Crippen LogP contribution is -2.37. The number of nitrogens with one attached hydrogen (secondary N) is 1. The molecule has 0 saturated carbocycles. The maximum atomic E-state index is 13.0. The van der Waals surface area contributed by atoms with Gasteiger partial charge in [-0.15, -0.1) is 16.9 Å². The summed E-state index contributed by atoms with van der Waals surface area (Å²) in [6, 6.07) is 4.44. The topological polar surface area (TPSA) is 86.9 Å². The number of hydrogen-bond acceptors (Lipinski definition) is 6. The summed E-state index contributed by atoms with van der Waals surface area (Å²) in [5.74, 6) is 0.209. The molecule has 1 N–H and O–H groups in total. The second-order valence-electron chi connectivity index (χ2n) is 7.82. The molecule has 0 atom stereocenters. The monoisotopic (exact) mass is 502 g/mol. The van der Waals surface area contributed by atoms with E-state index in [9.17, 15) is 18.0 Å². The van der Waals surface area contributed by atoms with Crippen LogP contribution in [0.1, 0.15) is 29.9 Å². The van der Waals surface area contributed by atoms with E-state index in [1.807, 2.05) is 20.2 Å². The minimum absolute atomic E-state index is 0.00906. The van der Waals surface area contributed by atoms with Gasteiger partial charge in [0.15, 0.2) is 5.82 Å². The minimum atomic E-state index is -4.41. The Morgan fingerprint density at radius 1 is 1.24 bits per heavy atom. The van der Waals surface area contributed by atoms with Crippen molar-refractivity contribution >= 4 is 29.3 Å². The van der Waals surface area contributed by atoms with E-state index in [0.717, 1.165) is 24.4 Å². The van der Waals surface area contributed by atoms with E-state index >= 15 is 0 Å². The predicted octanol–water partition coefficient (Wildman–Crippen LogP) is 4.41. The third kappa shape index (κ3) is 5.99. The van der Waals surface area contributed by atoms with E-state index in [1.165, 1.54) is 40.8 Å². The Labute approximate surface area is 197 Å². The average Bonchev–Trinajstić information content (AvgIpc) is 3.31. The number of aromatic nitrogens is 5. The van der Waals surface area contributed by atoms with Crippen LogP contribution in [0.5, 0.6) is 5.88 Å². The van der Waals surface area contributed by atoms with Crippen LogP contribution in [-0.4, -0.2) is 49.1 Å². The van der Waals surface area contributed by atoms with Gasteiger partial charge in [0.1, 0.15) is 11.8 Å². The zero-order valence-electron chi connectivity index (χ0n) is 18.3. The first kappa shape index (κ1) is 24.9. The number of carbonyl (C=O) groups is 1. The van der Waals surface area contributed by atoms with Gasteiger partial charge in [-0.1, -0.05) is 11.6 Å². The van der Waals surface area contributed by atoms with Crippen molar-refractivity contribution in [3.8, 4) is 11.7 Å². The Kier molecular flexibility index (Phi) is 7.27. The average molecular weight is 503 g/mol. The Morgan fingerprint density at radius 3 is 2.58 bits per heavy atom. The fourth-order valence-electron chi connectivity index (χ4n) is 2.56. The van der Waals surface area contributed by atoms with E-state index in [1.54, 1.807) is 4.68 Å². The molecule has 3 aromatic heterocycles. The normalized spacial score (nSPS) is 12.1. The third-order valence-electron chi connectivity index (χ3n) is 4.66. The highest BCUT2D eigenvalue weighted by molar-refractivity contribution is 7.99. The molecule has 0 radical (unpaired) electrons. The molecule has 0 aliphatic heterocycles. The smallest absolute Gasteiger partial charge is 0.397 e. The lowest BCUT2D eigenvalue weighted by atomic mass is 9.94. The van der Waals surface area contributed by atoms with Gasteiger partial charge >= 0.3 is 6.18 Å². The van der Waals surface area contributed by atoms with Crippen molar-refractivity contribution in [1.29, 1.82) is 0 Å². The third-order valence-corrected chi connectivity index (χ3v) is 5.94. The second kappa shape index (κ2) is 9.64. The Bertz CT molecular complexity index is 1150. The van der Waals surface area contributed by atoms with Crippen LogP contribution >= 0.6 is 23.4 Å². The van der Waals surface area contributed by atoms with E-state index in [-0.39, 0.29) is 22.4 Å². The summed E-state index contributed by atoms with van der Waals surface area (Å²) in [6.45, 7) is 3.39. The van der Waals surface area contributed by atoms with E-state index in [0.29, 0.717) is 5.88 Å². The first-order chi connectivity index (χ1) is 15.4. The molecular weight excluding hydrogens is 481 g/mol. The van der Waals surface area contributed by atoms with Crippen LogP contribution in [-0.2, 0) is 7.05 Å². The number of aryl methyl sites for hydroxylation is 2. The SMILES string of the molecule is Cc1nn(C)cc1SCNC(=O)c1ccc(-n2ccc(OCC(C)(C)C(F)(F)F)n2)nc1Cl. The van der Waals surface area contributed by atoms with Gasteiger partial charge in [0.2, 0.25) is 5.88 Å².